The summed E-state index contributed by atoms with van der Waals surface area (Å²) in [4.78, 5) is 36.7. The summed E-state index contributed by atoms with van der Waals surface area (Å²) >= 11 is 1.43. The van der Waals surface area contributed by atoms with E-state index in [1.165, 1.54) is 17.8 Å². The number of hydrogen-bond donors (Lipinski definition) is 1. The molecule has 0 saturated heterocycles. The van der Waals surface area contributed by atoms with Crippen molar-refractivity contribution in [2.24, 2.45) is 4.99 Å². The summed E-state index contributed by atoms with van der Waals surface area (Å²) in [6.07, 6.45) is 3.34. The van der Waals surface area contributed by atoms with Gasteiger partial charge in [-0.3, -0.25) is 9.78 Å². The van der Waals surface area contributed by atoms with E-state index in [9.17, 15) is 9.59 Å². The maximum absolute atomic E-state index is 13.1. The number of aliphatic imine (C=N–C) groups is 1. The van der Waals surface area contributed by atoms with Crippen molar-refractivity contribution in [3.8, 4) is 5.75 Å². The van der Waals surface area contributed by atoms with Gasteiger partial charge in [-0.1, -0.05) is 42.6 Å². The van der Waals surface area contributed by atoms with E-state index in [4.69, 9.17) is 9.47 Å². The zero-order chi connectivity index (χ0) is 24.8. The van der Waals surface area contributed by atoms with Gasteiger partial charge in [-0.05, 0) is 42.2 Å². The van der Waals surface area contributed by atoms with E-state index < -0.39 is 12.0 Å². The molecule has 35 heavy (non-hydrogen) atoms. The summed E-state index contributed by atoms with van der Waals surface area (Å²) in [6.45, 7) is 5.85. The monoisotopic (exact) mass is 490 g/mol. The highest BCUT2D eigenvalue weighted by Gasteiger charge is 2.41. The van der Waals surface area contributed by atoms with Gasteiger partial charge in [0.2, 0.25) is 5.91 Å². The molecule has 180 valence electrons. The maximum atomic E-state index is 13.1. The summed E-state index contributed by atoms with van der Waals surface area (Å²) in [5.74, 6) is 0.0801. The number of aromatic nitrogens is 1. The predicted molar refractivity (Wildman–Crippen MR) is 135 cm³/mol. The Morgan fingerprint density at radius 2 is 2.03 bits per heavy atom. The molecule has 9 heteroatoms. The van der Waals surface area contributed by atoms with E-state index in [2.05, 4.69) is 21.9 Å². The van der Waals surface area contributed by atoms with Crippen molar-refractivity contribution in [2.75, 3.05) is 13.7 Å². The average Bonchev–Trinajstić information content (AvgIpc) is 3.27. The molecule has 2 aliphatic rings. The first-order valence-corrected chi connectivity index (χ1v) is 11.9. The number of amides is 1. The summed E-state index contributed by atoms with van der Waals surface area (Å²) < 4.78 is 10.7. The van der Waals surface area contributed by atoms with Crippen molar-refractivity contribution in [3.05, 3.63) is 94.9 Å². The smallest absolute Gasteiger partial charge is 0.338 e. The highest BCUT2D eigenvalue weighted by Crippen LogP contribution is 2.45. The first-order chi connectivity index (χ1) is 17.0. The van der Waals surface area contributed by atoms with Gasteiger partial charge in [-0.15, -0.1) is 0 Å². The van der Waals surface area contributed by atoms with Crippen LogP contribution in [0.15, 0.2) is 88.7 Å². The predicted octanol–water partition coefficient (Wildman–Crippen LogP) is 4.10. The summed E-state index contributed by atoms with van der Waals surface area (Å²) in [5.41, 5.74) is 3.37. The number of esters is 1. The molecule has 2 aromatic rings. The Labute approximate surface area is 208 Å². The molecule has 4 rings (SSSR count). The van der Waals surface area contributed by atoms with Crippen LogP contribution in [0.1, 0.15) is 30.6 Å². The highest BCUT2D eigenvalue weighted by atomic mass is 32.2. The Kier molecular flexibility index (Phi) is 7.67. The van der Waals surface area contributed by atoms with Crippen LogP contribution in [-0.4, -0.2) is 40.6 Å². The van der Waals surface area contributed by atoms with E-state index in [1.54, 1.807) is 20.2 Å². The minimum absolute atomic E-state index is 0.0922. The lowest BCUT2D eigenvalue weighted by molar-refractivity contribution is -0.138. The molecule has 3 heterocycles. The van der Waals surface area contributed by atoms with Gasteiger partial charge in [0.05, 0.1) is 43.1 Å². The van der Waals surface area contributed by atoms with Crippen molar-refractivity contribution >= 4 is 28.8 Å². The van der Waals surface area contributed by atoms with Crippen LogP contribution in [0.4, 0.5) is 0 Å². The molecule has 1 atom stereocenters. The van der Waals surface area contributed by atoms with E-state index in [0.717, 1.165) is 17.0 Å². The third kappa shape index (κ3) is 5.46. The number of fused-ring (bicyclic) bond motifs is 1. The molecule has 1 aromatic heterocycles. The van der Waals surface area contributed by atoms with Crippen LogP contribution in [0.25, 0.3) is 0 Å². The lowest BCUT2D eigenvalue weighted by Crippen LogP contribution is -2.38. The van der Waals surface area contributed by atoms with E-state index in [-0.39, 0.29) is 18.9 Å². The second kappa shape index (κ2) is 11.1. The largest absolute Gasteiger partial charge is 0.497 e. The first kappa shape index (κ1) is 24.3. The van der Waals surface area contributed by atoms with Gasteiger partial charge >= 0.3 is 5.97 Å². The Balaban J connectivity index is 1.61. The molecule has 2 aliphatic heterocycles. The zero-order valence-electron chi connectivity index (χ0n) is 19.6. The molecule has 0 bridgehead atoms. The van der Waals surface area contributed by atoms with Crippen LogP contribution in [-0.2, 0) is 20.9 Å². The molecule has 0 radical (unpaired) electrons. The second-order valence-corrected chi connectivity index (χ2v) is 8.66. The van der Waals surface area contributed by atoms with Crippen molar-refractivity contribution in [2.45, 2.75) is 25.9 Å². The standard InChI is InChI=1S/C26H26N4O4S/c1-4-13-34-25(32)23-17(2)29-26-30(24(23)18-8-10-21(33-3)11-9-18)20(16-35-26)14-22(31)28-15-19-7-5-6-12-27-19/h4-12,16,24H,1,13-15H2,2-3H3,(H,28,31). The summed E-state index contributed by atoms with van der Waals surface area (Å²) in [5, 5.41) is 5.52. The van der Waals surface area contributed by atoms with Gasteiger partial charge in [0.25, 0.3) is 0 Å². The fourth-order valence-corrected chi connectivity index (χ4v) is 4.83. The van der Waals surface area contributed by atoms with E-state index in [0.29, 0.717) is 28.7 Å². The second-order valence-electron chi connectivity index (χ2n) is 7.83. The molecule has 1 N–H and O–H groups in total. The maximum Gasteiger partial charge on any atom is 0.338 e. The Morgan fingerprint density at radius 3 is 2.71 bits per heavy atom. The minimum atomic E-state index is -0.504. The van der Waals surface area contributed by atoms with Gasteiger partial charge in [-0.25, -0.2) is 9.79 Å². The zero-order valence-corrected chi connectivity index (χ0v) is 20.4. The molecule has 1 amide bonds. The highest BCUT2D eigenvalue weighted by molar-refractivity contribution is 8.16. The van der Waals surface area contributed by atoms with E-state index >= 15 is 0 Å². The van der Waals surface area contributed by atoms with Gasteiger partial charge < -0.3 is 19.7 Å². The quantitative estimate of drug-likeness (QED) is 0.418. The van der Waals surface area contributed by atoms with Crippen LogP contribution in [0.2, 0.25) is 0 Å². The third-order valence-corrected chi connectivity index (χ3v) is 6.41. The van der Waals surface area contributed by atoms with E-state index in [1.807, 2.05) is 52.8 Å². The number of rotatable bonds is 9. The average molecular weight is 491 g/mol. The fraction of sp³-hybridized carbons (Fsp3) is 0.231. The molecule has 0 aliphatic carbocycles. The van der Waals surface area contributed by atoms with Crippen molar-refractivity contribution in [1.29, 1.82) is 0 Å². The Bertz CT molecular complexity index is 1210. The SMILES string of the molecule is C=CCOC(=O)C1=C(C)N=C2SC=C(CC(=O)NCc3ccccn3)N2C1c1ccc(OC)cc1. The number of amidine groups is 1. The van der Waals surface area contributed by atoms with Crippen LogP contribution < -0.4 is 10.1 Å². The summed E-state index contributed by atoms with van der Waals surface area (Å²) in [7, 11) is 1.60. The van der Waals surface area contributed by atoms with Crippen LogP contribution >= 0.6 is 11.8 Å². The Morgan fingerprint density at radius 1 is 1.23 bits per heavy atom. The number of nitrogens with zero attached hydrogens (tertiary/aromatic N) is 3. The number of pyridine rings is 1. The number of hydrogen-bond acceptors (Lipinski definition) is 8. The number of ether oxygens (including phenoxy) is 2. The molecule has 0 fully saturated rings. The molecule has 0 spiro atoms. The van der Waals surface area contributed by atoms with Crippen LogP contribution in [0, 0.1) is 0 Å². The number of carbonyl (C=O) groups is 2. The van der Waals surface area contributed by atoms with Gasteiger partial charge in [-0.2, -0.15) is 0 Å². The minimum Gasteiger partial charge on any atom is -0.497 e. The number of nitrogens with one attached hydrogen (secondary N) is 1. The number of carbonyl (C=O) groups excluding carboxylic acids is 2. The lowest BCUT2D eigenvalue weighted by Gasteiger charge is -2.36. The fourth-order valence-electron chi connectivity index (χ4n) is 3.86. The lowest BCUT2D eigenvalue weighted by atomic mass is 9.93. The number of methoxy groups -OCH3 is 1. The molecule has 1 unspecified atom stereocenters. The third-order valence-electron chi connectivity index (χ3n) is 5.52. The van der Waals surface area contributed by atoms with Crippen molar-refractivity contribution in [3.63, 3.8) is 0 Å². The number of allylic oxidation sites excluding steroid dienone is 1. The topological polar surface area (TPSA) is 93.1 Å². The van der Waals surface area contributed by atoms with Crippen LogP contribution in [0.3, 0.4) is 0 Å². The molecule has 1 aromatic carbocycles. The molecular formula is C26H26N4O4S. The van der Waals surface area contributed by atoms with Crippen molar-refractivity contribution < 1.29 is 19.1 Å². The van der Waals surface area contributed by atoms with Crippen LogP contribution in [0.5, 0.6) is 5.75 Å². The number of benzene rings is 1. The van der Waals surface area contributed by atoms with Gasteiger partial charge in [0.15, 0.2) is 5.17 Å². The molecular weight excluding hydrogens is 464 g/mol. The molecule has 8 nitrogen and oxygen atoms in total. The Hall–Kier alpha value is -3.85. The summed E-state index contributed by atoms with van der Waals surface area (Å²) in [6, 6.07) is 12.6. The number of thioether (sulfide) groups is 1. The first-order valence-electron chi connectivity index (χ1n) is 11.0. The van der Waals surface area contributed by atoms with Gasteiger partial charge in [0, 0.05) is 11.9 Å². The van der Waals surface area contributed by atoms with Gasteiger partial charge in [0.1, 0.15) is 12.4 Å². The molecule has 0 saturated carbocycles. The normalized spacial score (nSPS) is 16.7. The van der Waals surface area contributed by atoms with Crippen molar-refractivity contribution in [1.82, 2.24) is 15.2 Å².